The van der Waals surface area contributed by atoms with E-state index in [1.807, 2.05) is 39.0 Å². The standard InChI is InChI=1S/C24H29ClN4O3/c1-5-24(15-27-21-20(24)18(25)9-10-26-21)16-7-6-8-17(13-16)29-12-11-28(14-19(29)30)22(31)32-23(2,3)4/h6-10,13H,5,11-12,14-15H2,1-4H3,(H,26,27). The number of nitrogens with zero attached hydrogens (tertiary/aromatic N) is 3. The van der Waals surface area contributed by atoms with Gasteiger partial charge >= 0.3 is 6.09 Å². The number of amides is 2. The van der Waals surface area contributed by atoms with Crippen molar-refractivity contribution in [2.24, 2.45) is 0 Å². The number of hydrogen-bond acceptors (Lipinski definition) is 5. The van der Waals surface area contributed by atoms with Crippen molar-refractivity contribution in [3.8, 4) is 0 Å². The molecule has 1 saturated heterocycles. The number of halogens is 1. The zero-order valence-electron chi connectivity index (χ0n) is 18.9. The highest BCUT2D eigenvalue weighted by Crippen LogP contribution is 2.47. The lowest BCUT2D eigenvalue weighted by molar-refractivity contribution is -0.121. The van der Waals surface area contributed by atoms with E-state index in [2.05, 4.69) is 29.4 Å². The summed E-state index contributed by atoms with van der Waals surface area (Å²) >= 11 is 6.59. The molecule has 2 aliphatic rings. The highest BCUT2D eigenvalue weighted by molar-refractivity contribution is 6.32. The summed E-state index contributed by atoms with van der Waals surface area (Å²) in [5.74, 6) is 0.682. The van der Waals surface area contributed by atoms with Crippen molar-refractivity contribution >= 4 is 35.1 Å². The lowest BCUT2D eigenvalue weighted by Gasteiger charge is -2.36. The van der Waals surface area contributed by atoms with Crippen LogP contribution in [0.15, 0.2) is 36.5 Å². The molecule has 0 bridgehead atoms. The summed E-state index contributed by atoms with van der Waals surface area (Å²) in [5.41, 5.74) is 1.99. The molecule has 0 saturated carbocycles. The molecule has 3 heterocycles. The lowest BCUT2D eigenvalue weighted by atomic mass is 9.74. The van der Waals surface area contributed by atoms with Gasteiger partial charge in [-0.05, 0) is 51.0 Å². The van der Waals surface area contributed by atoms with E-state index >= 15 is 0 Å². The predicted octanol–water partition coefficient (Wildman–Crippen LogP) is 4.44. The molecule has 7 nitrogen and oxygen atoms in total. The van der Waals surface area contributed by atoms with Gasteiger partial charge in [0.15, 0.2) is 0 Å². The first-order valence-corrected chi connectivity index (χ1v) is 11.3. The van der Waals surface area contributed by atoms with Gasteiger partial charge in [0.1, 0.15) is 18.0 Å². The van der Waals surface area contributed by atoms with Gasteiger partial charge in [0.05, 0.1) is 0 Å². The normalized spacial score (nSPS) is 20.7. The van der Waals surface area contributed by atoms with Crippen molar-refractivity contribution < 1.29 is 14.3 Å². The fraction of sp³-hybridized carbons (Fsp3) is 0.458. The molecule has 0 aliphatic carbocycles. The molecule has 2 aliphatic heterocycles. The second-order valence-electron chi connectivity index (χ2n) is 9.30. The number of anilines is 2. The van der Waals surface area contributed by atoms with Gasteiger partial charge in [0, 0.05) is 47.5 Å². The third kappa shape index (κ3) is 4.01. The van der Waals surface area contributed by atoms with Gasteiger partial charge in [0.25, 0.3) is 0 Å². The number of nitrogens with one attached hydrogen (secondary N) is 1. The van der Waals surface area contributed by atoms with Crippen molar-refractivity contribution in [3.05, 3.63) is 52.7 Å². The van der Waals surface area contributed by atoms with Gasteiger partial charge in [-0.1, -0.05) is 30.7 Å². The van der Waals surface area contributed by atoms with Crippen LogP contribution in [0.25, 0.3) is 0 Å². The first-order valence-electron chi connectivity index (χ1n) is 10.9. The summed E-state index contributed by atoms with van der Waals surface area (Å²) in [6, 6.07) is 9.86. The van der Waals surface area contributed by atoms with E-state index < -0.39 is 11.7 Å². The highest BCUT2D eigenvalue weighted by atomic mass is 35.5. The number of pyridine rings is 1. The van der Waals surface area contributed by atoms with Crippen LogP contribution >= 0.6 is 11.6 Å². The molecule has 2 amide bonds. The van der Waals surface area contributed by atoms with Crippen molar-refractivity contribution in [3.63, 3.8) is 0 Å². The van der Waals surface area contributed by atoms with E-state index in [0.717, 1.165) is 29.1 Å². The maximum atomic E-state index is 12.9. The molecule has 170 valence electrons. The Hall–Kier alpha value is -2.80. The Kier molecular flexibility index (Phi) is 5.79. The summed E-state index contributed by atoms with van der Waals surface area (Å²) in [5, 5.41) is 4.08. The number of carbonyl (C=O) groups excluding carboxylic acids is 2. The molecule has 0 radical (unpaired) electrons. The molecule has 1 aromatic carbocycles. The molecular weight excluding hydrogens is 428 g/mol. The number of aromatic nitrogens is 1. The second kappa shape index (κ2) is 8.28. The minimum atomic E-state index is -0.595. The maximum absolute atomic E-state index is 12.9. The molecule has 1 unspecified atom stereocenters. The third-order valence-electron chi connectivity index (χ3n) is 6.12. The largest absolute Gasteiger partial charge is 0.444 e. The molecule has 0 spiro atoms. The average Bonchev–Trinajstić information content (AvgIpc) is 3.14. The van der Waals surface area contributed by atoms with Crippen molar-refractivity contribution in [2.75, 3.05) is 36.4 Å². The van der Waals surface area contributed by atoms with E-state index in [1.54, 1.807) is 11.1 Å². The van der Waals surface area contributed by atoms with Crippen LogP contribution in [0.2, 0.25) is 5.02 Å². The maximum Gasteiger partial charge on any atom is 0.410 e. The Morgan fingerprint density at radius 2 is 2.06 bits per heavy atom. The predicted molar refractivity (Wildman–Crippen MR) is 125 cm³/mol. The number of hydrogen-bond donors (Lipinski definition) is 1. The zero-order chi connectivity index (χ0) is 23.1. The average molecular weight is 457 g/mol. The molecule has 1 fully saturated rings. The minimum Gasteiger partial charge on any atom is -0.444 e. The molecular formula is C24H29ClN4O3. The Labute approximate surface area is 193 Å². The molecule has 4 rings (SSSR count). The van der Waals surface area contributed by atoms with Gasteiger partial charge < -0.3 is 15.0 Å². The van der Waals surface area contributed by atoms with Gasteiger partial charge in [-0.25, -0.2) is 9.78 Å². The number of carbonyl (C=O) groups is 2. The molecule has 2 aromatic rings. The van der Waals surface area contributed by atoms with Crippen LogP contribution < -0.4 is 10.2 Å². The summed E-state index contributed by atoms with van der Waals surface area (Å²) in [7, 11) is 0. The topological polar surface area (TPSA) is 74.8 Å². The summed E-state index contributed by atoms with van der Waals surface area (Å²) in [6.45, 7) is 9.11. The number of ether oxygens (including phenoxy) is 1. The van der Waals surface area contributed by atoms with Crippen molar-refractivity contribution in [1.29, 1.82) is 0 Å². The van der Waals surface area contributed by atoms with Crippen LogP contribution in [0.4, 0.5) is 16.3 Å². The smallest absolute Gasteiger partial charge is 0.410 e. The van der Waals surface area contributed by atoms with Crippen LogP contribution in [0, 0.1) is 0 Å². The number of piperazine rings is 1. The van der Waals surface area contributed by atoms with Crippen LogP contribution in [0.1, 0.15) is 45.2 Å². The Morgan fingerprint density at radius 3 is 2.75 bits per heavy atom. The van der Waals surface area contributed by atoms with Crippen LogP contribution in [-0.2, 0) is 14.9 Å². The number of fused-ring (bicyclic) bond motifs is 1. The molecule has 1 N–H and O–H groups in total. The monoisotopic (exact) mass is 456 g/mol. The van der Waals surface area contributed by atoms with Crippen LogP contribution in [0.5, 0.6) is 0 Å². The van der Waals surface area contributed by atoms with Gasteiger partial charge in [0.2, 0.25) is 5.91 Å². The highest BCUT2D eigenvalue weighted by Gasteiger charge is 2.42. The van der Waals surface area contributed by atoms with Gasteiger partial charge in [-0.15, -0.1) is 0 Å². The van der Waals surface area contributed by atoms with E-state index in [4.69, 9.17) is 16.3 Å². The Balaban J connectivity index is 1.59. The second-order valence-corrected chi connectivity index (χ2v) is 9.71. The first kappa shape index (κ1) is 22.4. The van der Waals surface area contributed by atoms with Gasteiger partial charge in [-0.2, -0.15) is 0 Å². The molecule has 1 aromatic heterocycles. The first-order chi connectivity index (χ1) is 15.1. The summed E-state index contributed by atoms with van der Waals surface area (Å²) < 4.78 is 5.42. The fourth-order valence-electron chi connectivity index (χ4n) is 4.50. The number of benzene rings is 1. The fourth-order valence-corrected chi connectivity index (χ4v) is 4.83. The summed E-state index contributed by atoms with van der Waals surface area (Å²) in [6.07, 6.45) is 2.08. The van der Waals surface area contributed by atoms with Crippen molar-refractivity contribution in [1.82, 2.24) is 9.88 Å². The van der Waals surface area contributed by atoms with Crippen LogP contribution in [0.3, 0.4) is 0 Å². The summed E-state index contributed by atoms with van der Waals surface area (Å²) in [4.78, 5) is 33.0. The Bertz CT molecular complexity index is 1050. The van der Waals surface area contributed by atoms with Crippen molar-refractivity contribution in [2.45, 2.75) is 45.1 Å². The number of rotatable bonds is 3. The quantitative estimate of drug-likeness (QED) is 0.739. The minimum absolute atomic E-state index is 0.00179. The van der Waals surface area contributed by atoms with Crippen LogP contribution in [-0.4, -0.2) is 53.7 Å². The Morgan fingerprint density at radius 1 is 1.28 bits per heavy atom. The van der Waals surface area contributed by atoms with E-state index in [9.17, 15) is 9.59 Å². The van der Waals surface area contributed by atoms with E-state index in [1.165, 1.54) is 4.90 Å². The molecule has 8 heteroatoms. The lowest BCUT2D eigenvalue weighted by Crippen LogP contribution is -2.53. The third-order valence-corrected chi connectivity index (χ3v) is 6.44. The molecule has 32 heavy (non-hydrogen) atoms. The van der Waals surface area contributed by atoms with E-state index in [0.29, 0.717) is 24.7 Å². The van der Waals surface area contributed by atoms with E-state index in [-0.39, 0.29) is 17.9 Å². The van der Waals surface area contributed by atoms with Gasteiger partial charge in [-0.3, -0.25) is 9.69 Å². The SMILES string of the molecule is CCC1(c2cccc(N3CCN(C(=O)OC(C)(C)C)CC3=O)c2)CNc2nccc(Cl)c21. The molecule has 1 atom stereocenters. The zero-order valence-corrected chi connectivity index (χ0v) is 19.7.